The molecule has 1 aromatic heterocycles. The molecule has 2 heterocycles. The van der Waals surface area contributed by atoms with E-state index >= 15 is 0 Å². The average Bonchev–Trinajstić information content (AvgIpc) is 3.41. The summed E-state index contributed by atoms with van der Waals surface area (Å²) in [5.74, 6) is -0.131. The molecule has 1 aliphatic heterocycles. The van der Waals surface area contributed by atoms with E-state index in [9.17, 15) is 14.9 Å². The van der Waals surface area contributed by atoms with Crippen LogP contribution in [-0.4, -0.2) is 34.8 Å². The van der Waals surface area contributed by atoms with Gasteiger partial charge >= 0.3 is 0 Å². The first kappa shape index (κ1) is 29.9. The lowest BCUT2D eigenvalue weighted by Crippen LogP contribution is -2.42. The monoisotopic (exact) mass is 640 g/mol. The molecule has 0 radical (unpaired) electrons. The van der Waals surface area contributed by atoms with Crippen molar-refractivity contribution < 1.29 is 14.3 Å². The van der Waals surface area contributed by atoms with Gasteiger partial charge in [0.1, 0.15) is 11.6 Å². The number of nitrogens with zero attached hydrogens (tertiary/aromatic N) is 4. The van der Waals surface area contributed by atoms with Crippen molar-refractivity contribution >= 4 is 68.8 Å². The molecule has 216 valence electrons. The highest BCUT2D eigenvalue weighted by atomic mass is 35.5. The number of thioether (sulfide) groups is 1. The summed E-state index contributed by atoms with van der Waals surface area (Å²) in [6.07, 6.45) is 0.808. The number of anilines is 2. The Bertz CT molecular complexity index is 1680. The van der Waals surface area contributed by atoms with Crippen molar-refractivity contribution in [3.8, 4) is 11.8 Å². The lowest BCUT2D eigenvalue weighted by Gasteiger charge is -2.42. The Morgan fingerprint density at radius 3 is 2.67 bits per heavy atom. The summed E-state index contributed by atoms with van der Waals surface area (Å²) in [7, 11) is 1.58. The normalized spacial score (nSPS) is 18.0. The molecule has 0 bridgehead atoms. The Hall–Kier alpha value is -3.56. The predicted octanol–water partition coefficient (Wildman–Crippen LogP) is 6.53. The first-order valence-corrected chi connectivity index (χ1v) is 15.4. The van der Waals surface area contributed by atoms with Gasteiger partial charge in [0.25, 0.3) is 0 Å². The van der Waals surface area contributed by atoms with Gasteiger partial charge in [-0.3, -0.25) is 14.5 Å². The van der Waals surface area contributed by atoms with Crippen LogP contribution in [0.1, 0.15) is 38.2 Å². The molecule has 0 saturated carbocycles. The number of methoxy groups -OCH3 is 1. The molecule has 1 aliphatic carbocycles. The maximum atomic E-state index is 13.7. The Balaban J connectivity index is 1.46. The number of benzene rings is 2. The van der Waals surface area contributed by atoms with Crippen LogP contribution < -0.4 is 20.7 Å². The fourth-order valence-electron chi connectivity index (χ4n) is 5.13. The number of hydrogen-bond acceptors (Lipinski definition) is 10. The third kappa shape index (κ3) is 5.85. The van der Waals surface area contributed by atoms with Crippen LogP contribution in [0.15, 0.2) is 69.5 Å². The minimum atomic E-state index is -0.764. The second kappa shape index (κ2) is 12.0. The van der Waals surface area contributed by atoms with Gasteiger partial charge < -0.3 is 15.8 Å². The van der Waals surface area contributed by atoms with Crippen LogP contribution in [0.5, 0.6) is 5.75 Å². The van der Waals surface area contributed by atoms with Gasteiger partial charge in [-0.1, -0.05) is 72.3 Å². The number of nitrogens with one attached hydrogen (secondary N) is 1. The van der Waals surface area contributed by atoms with E-state index in [1.807, 2.05) is 13.8 Å². The zero-order chi connectivity index (χ0) is 30.2. The Labute approximate surface area is 261 Å². The van der Waals surface area contributed by atoms with Crippen LogP contribution in [-0.2, 0) is 9.59 Å². The minimum absolute atomic E-state index is 0.0955. The van der Waals surface area contributed by atoms with Crippen LogP contribution in [0.4, 0.5) is 10.8 Å². The van der Waals surface area contributed by atoms with Crippen molar-refractivity contribution in [2.24, 2.45) is 11.1 Å². The van der Waals surface area contributed by atoms with Crippen molar-refractivity contribution in [1.29, 1.82) is 5.26 Å². The largest absolute Gasteiger partial charge is 0.497 e. The molecule has 1 amide bonds. The smallest absolute Gasteiger partial charge is 0.234 e. The molecule has 5 rings (SSSR count). The number of aromatic nitrogens is 2. The molecule has 13 heteroatoms. The highest BCUT2D eigenvalue weighted by Gasteiger charge is 2.46. The molecular formula is C29H26Cl2N6O3S2. The van der Waals surface area contributed by atoms with E-state index in [2.05, 4.69) is 21.6 Å². The molecule has 9 nitrogen and oxygen atoms in total. The summed E-state index contributed by atoms with van der Waals surface area (Å²) in [4.78, 5) is 27.9. The molecule has 1 unspecified atom stereocenters. The van der Waals surface area contributed by atoms with E-state index in [0.29, 0.717) is 55.6 Å². The Morgan fingerprint density at radius 1 is 1.24 bits per heavy atom. The zero-order valence-electron chi connectivity index (χ0n) is 22.9. The topological polar surface area (TPSA) is 134 Å². The molecule has 3 N–H and O–H groups in total. The summed E-state index contributed by atoms with van der Waals surface area (Å²) in [6.45, 7) is 4.02. The molecule has 0 saturated heterocycles. The third-order valence-corrected chi connectivity index (χ3v) is 9.84. The molecule has 2 aromatic carbocycles. The number of halogens is 2. The highest BCUT2D eigenvalue weighted by molar-refractivity contribution is 8.01. The van der Waals surface area contributed by atoms with Gasteiger partial charge in [-0.25, -0.2) is 0 Å². The highest BCUT2D eigenvalue weighted by Crippen LogP contribution is 2.52. The number of carbonyl (C=O) groups is 2. The number of rotatable bonds is 7. The van der Waals surface area contributed by atoms with Crippen LogP contribution in [0.2, 0.25) is 10.0 Å². The maximum absolute atomic E-state index is 13.7. The van der Waals surface area contributed by atoms with E-state index in [0.717, 1.165) is 0 Å². The SMILES string of the molecule is COc1ccc(NC(=O)CSc2nnc(N3C(N)=C(C#N)C(c4cccc(Cl)c4Cl)C4=C3CC(C)(C)CC4=O)s2)cc1. The number of Topliss-reactive ketones (excluding diaryl/α,β-unsaturated/α-hetero) is 1. The maximum Gasteiger partial charge on any atom is 0.234 e. The molecule has 0 spiro atoms. The standard InChI is InChI=1S/C29H26Cl2N6O3S2/c1-29(2)11-20-24(21(38)12-29)23(17-5-4-6-19(30)25(17)31)18(13-32)26(33)37(20)27-35-36-28(42-27)41-14-22(39)34-15-7-9-16(40-3)10-8-15/h4-10,23H,11-12,14,33H2,1-3H3,(H,34,39). The second-order valence-corrected chi connectivity index (χ2v) is 13.5. The number of allylic oxidation sites excluding steroid dienone is 3. The predicted molar refractivity (Wildman–Crippen MR) is 166 cm³/mol. The number of ketones is 1. The Morgan fingerprint density at radius 2 is 1.98 bits per heavy atom. The van der Waals surface area contributed by atoms with Crippen molar-refractivity contribution in [1.82, 2.24) is 10.2 Å². The van der Waals surface area contributed by atoms with Crippen LogP contribution in [0.25, 0.3) is 0 Å². The minimum Gasteiger partial charge on any atom is -0.497 e. The zero-order valence-corrected chi connectivity index (χ0v) is 26.0. The first-order valence-electron chi connectivity index (χ1n) is 12.8. The fourth-order valence-corrected chi connectivity index (χ4v) is 7.23. The van der Waals surface area contributed by atoms with Crippen molar-refractivity contribution in [3.05, 3.63) is 80.7 Å². The number of hydrogen-bond donors (Lipinski definition) is 2. The lowest BCUT2D eigenvalue weighted by molar-refractivity contribution is -0.118. The average molecular weight is 642 g/mol. The molecule has 2 aliphatic rings. The van der Waals surface area contributed by atoms with Crippen molar-refractivity contribution in [2.45, 2.75) is 36.9 Å². The van der Waals surface area contributed by atoms with Crippen LogP contribution in [0.3, 0.4) is 0 Å². The molecule has 1 atom stereocenters. The van der Waals surface area contributed by atoms with E-state index in [1.54, 1.807) is 54.5 Å². The van der Waals surface area contributed by atoms with E-state index < -0.39 is 5.92 Å². The summed E-state index contributed by atoms with van der Waals surface area (Å²) >= 11 is 15.4. The fraction of sp³-hybridized carbons (Fsp3) is 0.276. The summed E-state index contributed by atoms with van der Waals surface area (Å²) in [5, 5.41) is 22.7. The van der Waals surface area contributed by atoms with Gasteiger partial charge in [0.05, 0.1) is 40.5 Å². The van der Waals surface area contributed by atoms with Gasteiger partial charge in [-0.2, -0.15) is 5.26 Å². The third-order valence-electron chi connectivity index (χ3n) is 6.96. The lowest BCUT2D eigenvalue weighted by atomic mass is 9.68. The number of ether oxygens (including phenoxy) is 1. The number of nitrogens with two attached hydrogens (primary N) is 1. The molecule has 3 aromatic rings. The number of carbonyl (C=O) groups excluding carboxylic acids is 2. The molecular weight excluding hydrogens is 615 g/mol. The van der Waals surface area contributed by atoms with Gasteiger partial charge in [-0.15, -0.1) is 10.2 Å². The summed E-state index contributed by atoms with van der Waals surface area (Å²) < 4.78 is 5.68. The van der Waals surface area contributed by atoms with Crippen molar-refractivity contribution in [3.63, 3.8) is 0 Å². The van der Waals surface area contributed by atoms with E-state index in [1.165, 1.54) is 23.1 Å². The van der Waals surface area contributed by atoms with Gasteiger partial charge in [0, 0.05) is 23.4 Å². The van der Waals surface area contributed by atoms with Gasteiger partial charge in [0.2, 0.25) is 11.0 Å². The van der Waals surface area contributed by atoms with Crippen LogP contribution in [0, 0.1) is 16.7 Å². The summed E-state index contributed by atoms with van der Waals surface area (Å²) in [6, 6.07) is 14.4. The van der Waals surface area contributed by atoms with Gasteiger partial charge in [-0.05, 0) is 47.7 Å². The Kier molecular flexibility index (Phi) is 8.53. The second-order valence-electron chi connectivity index (χ2n) is 10.5. The van der Waals surface area contributed by atoms with E-state index in [4.69, 9.17) is 33.7 Å². The van der Waals surface area contributed by atoms with Crippen LogP contribution >= 0.6 is 46.3 Å². The number of nitriles is 1. The molecule has 0 fully saturated rings. The first-order chi connectivity index (χ1) is 20.0. The quantitative estimate of drug-likeness (QED) is 0.276. The van der Waals surface area contributed by atoms with Gasteiger partial charge in [0.15, 0.2) is 10.1 Å². The van der Waals surface area contributed by atoms with Crippen molar-refractivity contribution in [2.75, 3.05) is 23.1 Å². The van der Waals surface area contributed by atoms with E-state index in [-0.39, 0.29) is 39.3 Å². The molecule has 42 heavy (non-hydrogen) atoms. The number of amides is 1. The summed E-state index contributed by atoms with van der Waals surface area (Å²) in [5.41, 5.74) is 8.79.